The number of nitrogens with zero attached hydrogens (tertiary/aromatic N) is 3. The maximum absolute atomic E-state index is 12.4. The van der Waals surface area contributed by atoms with Gasteiger partial charge in [0.05, 0.1) is 5.92 Å². The first kappa shape index (κ1) is 14.3. The molecule has 114 valence electrons. The normalized spacial score (nSPS) is 14.5. The van der Waals surface area contributed by atoms with E-state index < -0.39 is 0 Å². The predicted molar refractivity (Wildman–Crippen MR) is 80.5 cm³/mol. The molecule has 1 aliphatic heterocycles. The molecule has 0 radical (unpaired) electrons. The largest absolute Gasteiger partial charge is 0.361 e. The highest BCUT2D eigenvalue weighted by molar-refractivity contribution is 5.98. The molecule has 2 aromatic rings. The minimum Gasteiger partial charge on any atom is -0.361 e. The summed E-state index contributed by atoms with van der Waals surface area (Å²) in [6, 6.07) is 11.1. The molecule has 0 aliphatic carbocycles. The maximum Gasteiger partial charge on any atom is 0.276 e. The number of anilines is 1. The summed E-state index contributed by atoms with van der Waals surface area (Å²) in [6.07, 6.45) is 0. The fourth-order valence-corrected chi connectivity index (χ4v) is 2.48. The van der Waals surface area contributed by atoms with Crippen molar-refractivity contribution in [1.82, 2.24) is 10.1 Å². The molecule has 0 unspecified atom stereocenters. The molecule has 1 fully saturated rings. The Morgan fingerprint density at radius 3 is 2.55 bits per heavy atom. The van der Waals surface area contributed by atoms with Gasteiger partial charge in [0, 0.05) is 31.9 Å². The van der Waals surface area contributed by atoms with Crippen LogP contribution in [0.1, 0.15) is 16.2 Å². The Bertz CT molecular complexity index is 690. The van der Waals surface area contributed by atoms with E-state index in [-0.39, 0.29) is 17.7 Å². The lowest BCUT2D eigenvalue weighted by atomic mass is 9.97. The highest BCUT2D eigenvalue weighted by Crippen LogP contribution is 2.23. The number of rotatable bonds is 3. The third-order valence-corrected chi connectivity index (χ3v) is 3.84. The number of aryl methyl sites for hydroxylation is 1. The maximum atomic E-state index is 12.4. The molecule has 1 aromatic heterocycles. The van der Waals surface area contributed by atoms with Crippen LogP contribution < -0.4 is 4.90 Å². The van der Waals surface area contributed by atoms with Crippen molar-refractivity contribution >= 4 is 17.5 Å². The Labute approximate surface area is 128 Å². The molecule has 0 bridgehead atoms. The standard InChI is InChI=1S/C16H17N3O3/c1-11-8-14(17-22-11)16(21)19-9-12(10-19)15(20)18(2)13-6-4-3-5-7-13/h3-8,12H,9-10H2,1-2H3. The van der Waals surface area contributed by atoms with Gasteiger partial charge in [0.15, 0.2) is 5.69 Å². The Kier molecular flexibility index (Phi) is 3.66. The number of hydrogen-bond acceptors (Lipinski definition) is 4. The molecular weight excluding hydrogens is 282 g/mol. The van der Waals surface area contributed by atoms with E-state index in [9.17, 15) is 9.59 Å². The lowest BCUT2D eigenvalue weighted by Crippen LogP contribution is -2.56. The molecule has 6 nitrogen and oxygen atoms in total. The lowest BCUT2D eigenvalue weighted by molar-refractivity contribution is -0.126. The fraction of sp³-hybridized carbons (Fsp3) is 0.312. The highest BCUT2D eigenvalue weighted by atomic mass is 16.5. The van der Waals surface area contributed by atoms with E-state index in [0.717, 1.165) is 5.69 Å². The molecule has 1 aromatic carbocycles. The second kappa shape index (κ2) is 5.63. The molecule has 3 rings (SSSR count). The van der Waals surface area contributed by atoms with Crippen molar-refractivity contribution in [1.29, 1.82) is 0 Å². The Hall–Kier alpha value is -2.63. The summed E-state index contributed by atoms with van der Waals surface area (Å²) in [4.78, 5) is 27.8. The first-order valence-corrected chi connectivity index (χ1v) is 7.11. The minimum absolute atomic E-state index is 0.0200. The summed E-state index contributed by atoms with van der Waals surface area (Å²) in [6.45, 7) is 2.57. The third kappa shape index (κ3) is 2.59. The van der Waals surface area contributed by atoms with Crippen LogP contribution in [0.2, 0.25) is 0 Å². The van der Waals surface area contributed by atoms with Gasteiger partial charge in [0.25, 0.3) is 5.91 Å². The minimum atomic E-state index is -0.191. The van der Waals surface area contributed by atoms with E-state index in [1.807, 2.05) is 30.3 Å². The lowest BCUT2D eigenvalue weighted by Gasteiger charge is -2.39. The van der Waals surface area contributed by atoms with Gasteiger partial charge < -0.3 is 14.3 Å². The topological polar surface area (TPSA) is 66.7 Å². The number of aromatic nitrogens is 1. The van der Waals surface area contributed by atoms with Gasteiger partial charge in [-0.2, -0.15) is 0 Å². The van der Waals surface area contributed by atoms with Gasteiger partial charge in [0.1, 0.15) is 5.76 Å². The molecule has 22 heavy (non-hydrogen) atoms. The van der Waals surface area contributed by atoms with Crippen LogP contribution in [0.5, 0.6) is 0 Å². The Morgan fingerprint density at radius 1 is 1.27 bits per heavy atom. The van der Waals surface area contributed by atoms with Crippen molar-refractivity contribution in [2.75, 3.05) is 25.0 Å². The average molecular weight is 299 g/mol. The van der Waals surface area contributed by atoms with Crippen LogP contribution in [0, 0.1) is 12.8 Å². The monoisotopic (exact) mass is 299 g/mol. The van der Waals surface area contributed by atoms with E-state index in [1.165, 1.54) is 0 Å². The zero-order valence-electron chi connectivity index (χ0n) is 12.5. The Balaban J connectivity index is 1.59. The number of benzene rings is 1. The zero-order valence-corrected chi connectivity index (χ0v) is 12.5. The van der Waals surface area contributed by atoms with Crippen molar-refractivity contribution in [3.05, 3.63) is 47.9 Å². The van der Waals surface area contributed by atoms with Crippen molar-refractivity contribution < 1.29 is 14.1 Å². The van der Waals surface area contributed by atoms with E-state index in [0.29, 0.717) is 24.5 Å². The van der Waals surface area contributed by atoms with E-state index in [1.54, 1.807) is 29.8 Å². The number of carbonyl (C=O) groups is 2. The number of para-hydroxylation sites is 1. The molecule has 1 aliphatic rings. The van der Waals surface area contributed by atoms with Crippen LogP contribution in [-0.2, 0) is 4.79 Å². The molecule has 0 atom stereocenters. The number of carbonyl (C=O) groups excluding carboxylic acids is 2. The molecule has 6 heteroatoms. The zero-order chi connectivity index (χ0) is 15.7. The van der Waals surface area contributed by atoms with Crippen molar-refractivity contribution in [3.8, 4) is 0 Å². The van der Waals surface area contributed by atoms with E-state index >= 15 is 0 Å². The van der Waals surface area contributed by atoms with Crippen molar-refractivity contribution in [3.63, 3.8) is 0 Å². The van der Waals surface area contributed by atoms with Gasteiger partial charge in [-0.1, -0.05) is 23.4 Å². The third-order valence-electron chi connectivity index (χ3n) is 3.84. The molecule has 1 saturated heterocycles. The summed E-state index contributed by atoms with van der Waals surface area (Å²) in [5.41, 5.74) is 1.14. The average Bonchev–Trinajstić information content (AvgIpc) is 2.92. The van der Waals surface area contributed by atoms with Gasteiger partial charge in [-0.05, 0) is 19.1 Å². The molecule has 0 saturated carbocycles. The van der Waals surface area contributed by atoms with Crippen molar-refractivity contribution in [2.45, 2.75) is 6.92 Å². The second-order valence-electron chi connectivity index (χ2n) is 5.46. The van der Waals surface area contributed by atoms with Crippen LogP contribution in [0.4, 0.5) is 5.69 Å². The molecule has 2 amide bonds. The second-order valence-corrected chi connectivity index (χ2v) is 5.46. The molecule has 0 spiro atoms. The van der Waals surface area contributed by atoms with Crippen LogP contribution >= 0.6 is 0 Å². The molecule has 0 N–H and O–H groups in total. The summed E-state index contributed by atoms with van der Waals surface area (Å²) >= 11 is 0. The fourth-order valence-electron chi connectivity index (χ4n) is 2.48. The van der Waals surface area contributed by atoms with Gasteiger partial charge in [-0.25, -0.2) is 0 Å². The van der Waals surface area contributed by atoms with Gasteiger partial charge >= 0.3 is 0 Å². The first-order chi connectivity index (χ1) is 10.6. The van der Waals surface area contributed by atoms with Crippen molar-refractivity contribution in [2.24, 2.45) is 5.92 Å². The van der Waals surface area contributed by atoms with Gasteiger partial charge in [-0.15, -0.1) is 0 Å². The summed E-state index contributed by atoms with van der Waals surface area (Å²) < 4.78 is 4.90. The predicted octanol–water partition coefficient (Wildman–Crippen LogP) is 1.72. The van der Waals surface area contributed by atoms with E-state index in [2.05, 4.69) is 5.16 Å². The Morgan fingerprint density at radius 2 is 1.95 bits per heavy atom. The number of amides is 2. The van der Waals surface area contributed by atoms with Crippen LogP contribution in [-0.4, -0.2) is 42.0 Å². The summed E-state index contributed by atoms with van der Waals surface area (Å²) in [7, 11) is 1.75. The summed E-state index contributed by atoms with van der Waals surface area (Å²) in [5, 5.41) is 3.71. The van der Waals surface area contributed by atoms with Crippen LogP contribution in [0.25, 0.3) is 0 Å². The highest BCUT2D eigenvalue weighted by Gasteiger charge is 2.38. The van der Waals surface area contributed by atoms with Gasteiger partial charge in [0.2, 0.25) is 5.91 Å². The van der Waals surface area contributed by atoms with Crippen LogP contribution in [0.15, 0.2) is 40.9 Å². The smallest absolute Gasteiger partial charge is 0.276 e. The number of hydrogen-bond donors (Lipinski definition) is 0. The van der Waals surface area contributed by atoms with E-state index in [4.69, 9.17) is 4.52 Å². The summed E-state index contributed by atoms with van der Waals surface area (Å²) in [5.74, 6) is 0.261. The number of likely N-dealkylation sites (tertiary alicyclic amines) is 1. The first-order valence-electron chi connectivity index (χ1n) is 7.11. The molecule has 2 heterocycles. The SMILES string of the molecule is Cc1cc(C(=O)N2CC(C(=O)N(C)c3ccccc3)C2)no1. The molecular formula is C16H17N3O3. The van der Waals surface area contributed by atoms with Crippen LogP contribution in [0.3, 0.4) is 0 Å². The quantitative estimate of drug-likeness (QED) is 0.865. The van der Waals surface area contributed by atoms with Gasteiger partial charge in [-0.3, -0.25) is 9.59 Å².